The molecule has 0 amide bonds. The van der Waals surface area contributed by atoms with Crippen LogP contribution in [0.1, 0.15) is 12.7 Å². The molecule has 10 heteroatoms. The maximum atomic E-state index is 13.2. The van der Waals surface area contributed by atoms with Crippen molar-refractivity contribution in [2.24, 2.45) is 4.99 Å². The fraction of sp³-hybridized carbons (Fsp3) is 0.364. The number of pyridine rings is 1. The molecule has 1 N–H and O–H groups in total. The lowest BCUT2D eigenvalue weighted by atomic mass is 10.2. The van der Waals surface area contributed by atoms with Crippen LogP contribution in [0, 0.1) is 5.82 Å². The van der Waals surface area contributed by atoms with Crippen molar-refractivity contribution in [3.8, 4) is 11.6 Å². The van der Waals surface area contributed by atoms with E-state index in [4.69, 9.17) is 9.52 Å². The second-order valence-electron chi connectivity index (χ2n) is 7.17. The van der Waals surface area contributed by atoms with Crippen molar-refractivity contribution in [1.29, 1.82) is 0 Å². The number of anilines is 1. The summed E-state index contributed by atoms with van der Waals surface area (Å²) in [6.07, 6.45) is 2.28. The highest BCUT2D eigenvalue weighted by Crippen LogP contribution is 2.17. The number of benzene rings is 1. The predicted molar refractivity (Wildman–Crippen MR) is 133 cm³/mol. The average molecular weight is 551 g/mol. The molecule has 0 unspecified atom stereocenters. The first kappa shape index (κ1) is 23.9. The van der Waals surface area contributed by atoms with Crippen molar-refractivity contribution in [2.45, 2.75) is 13.3 Å². The van der Waals surface area contributed by atoms with E-state index in [1.807, 2.05) is 30.3 Å². The van der Waals surface area contributed by atoms with Crippen LogP contribution in [0.4, 0.5) is 10.1 Å². The van der Waals surface area contributed by atoms with Gasteiger partial charge in [0.25, 0.3) is 5.89 Å². The summed E-state index contributed by atoms with van der Waals surface area (Å²) < 4.78 is 18.5. The van der Waals surface area contributed by atoms with Gasteiger partial charge in [-0.3, -0.25) is 9.98 Å². The van der Waals surface area contributed by atoms with E-state index in [9.17, 15) is 4.39 Å². The van der Waals surface area contributed by atoms with Gasteiger partial charge in [0.05, 0.1) is 0 Å². The molecule has 0 radical (unpaired) electrons. The second-order valence-corrected chi connectivity index (χ2v) is 7.17. The fourth-order valence-corrected chi connectivity index (χ4v) is 3.46. The highest BCUT2D eigenvalue weighted by atomic mass is 127. The molecule has 1 aliphatic rings. The van der Waals surface area contributed by atoms with Crippen LogP contribution >= 0.6 is 24.0 Å². The summed E-state index contributed by atoms with van der Waals surface area (Å²) in [5.74, 6) is 1.71. The van der Waals surface area contributed by atoms with Gasteiger partial charge in [0.15, 0.2) is 11.8 Å². The van der Waals surface area contributed by atoms with Crippen LogP contribution in [0.5, 0.6) is 0 Å². The minimum absolute atomic E-state index is 0. The molecule has 0 saturated carbocycles. The summed E-state index contributed by atoms with van der Waals surface area (Å²) >= 11 is 0. The van der Waals surface area contributed by atoms with Crippen molar-refractivity contribution in [1.82, 2.24) is 25.3 Å². The minimum atomic E-state index is -0.210. The van der Waals surface area contributed by atoms with Crippen molar-refractivity contribution in [2.75, 3.05) is 44.2 Å². The number of piperazine rings is 1. The molecule has 0 atom stereocenters. The van der Waals surface area contributed by atoms with Crippen molar-refractivity contribution < 1.29 is 8.91 Å². The Morgan fingerprint density at radius 3 is 2.59 bits per heavy atom. The number of aliphatic imine (C=N–C) groups is 1. The molecule has 3 aromatic rings. The zero-order valence-electron chi connectivity index (χ0n) is 17.9. The summed E-state index contributed by atoms with van der Waals surface area (Å²) in [5.41, 5.74) is 1.71. The number of guanidine groups is 1. The number of hydrogen-bond acceptors (Lipinski definition) is 6. The molecule has 2 aromatic heterocycles. The van der Waals surface area contributed by atoms with Crippen molar-refractivity contribution >= 4 is 35.6 Å². The summed E-state index contributed by atoms with van der Waals surface area (Å²) in [6, 6.07) is 12.2. The van der Waals surface area contributed by atoms with E-state index in [1.54, 1.807) is 6.20 Å². The van der Waals surface area contributed by atoms with Gasteiger partial charge >= 0.3 is 0 Å². The van der Waals surface area contributed by atoms with Crippen LogP contribution in [0.2, 0.25) is 0 Å². The standard InChI is InChI=1S/C22H26FN7O.HI/c1-2-24-22(30-15-13-29(14-16-30)18-8-6-17(23)7-9-18)26-12-10-20-27-21(31-28-20)19-5-3-4-11-25-19;/h3-9,11H,2,10,12-16H2,1H3,(H,24,26);1H. The topological polar surface area (TPSA) is 82.7 Å². The Morgan fingerprint density at radius 2 is 1.91 bits per heavy atom. The van der Waals surface area contributed by atoms with E-state index in [-0.39, 0.29) is 29.8 Å². The lowest BCUT2D eigenvalue weighted by Crippen LogP contribution is -2.52. The Bertz CT molecular complexity index is 989. The number of hydrogen-bond donors (Lipinski definition) is 1. The van der Waals surface area contributed by atoms with E-state index in [1.165, 1.54) is 12.1 Å². The Balaban J connectivity index is 0.00000289. The summed E-state index contributed by atoms with van der Waals surface area (Å²) in [5, 5.41) is 7.40. The van der Waals surface area contributed by atoms with Gasteiger partial charge in [-0.1, -0.05) is 11.2 Å². The van der Waals surface area contributed by atoms with Gasteiger partial charge in [-0.2, -0.15) is 4.98 Å². The van der Waals surface area contributed by atoms with Gasteiger partial charge in [-0.05, 0) is 43.3 Å². The minimum Gasteiger partial charge on any atom is -0.368 e. The largest absolute Gasteiger partial charge is 0.368 e. The third-order valence-corrected chi connectivity index (χ3v) is 5.05. The van der Waals surface area contributed by atoms with Gasteiger partial charge in [0.2, 0.25) is 0 Å². The van der Waals surface area contributed by atoms with Gasteiger partial charge in [0, 0.05) is 57.6 Å². The quantitative estimate of drug-likeness (QED) is 0.286. The maximum absolute atomic E-state index is 13.2. The van der Waals surface area contributed by atoms with Crippen LogP contribution in [-0.4, -0.2) is 65.3 Å². The molecule has 1 aromatic carbocycles. The molecular weight excluding hydrogens is 524 g/mol. The number of halogens is 2. The first-order chi connectivity index (χ1) is 15.2. The molecule has 32 heavy (non-hydrogen) atoms. The van der Waals surface area contributed by atoms with Gasteiger partial charge < -0.3 is 19.6 Å². The average Bonchev–Trinajstić information content (AvgIpc) is 3.29. The highest BCUT2D eigenvalue weighted by molar-refractivity contribution is 14.0. The zero-order valence-corrected chi connectivity index (χ0v) is 20.3. The molecule has 170 valence electrons. The third kappa shape index (κ3) is 6.15. The van der Waals surface area contributed by atoms with Gasteiger partial charge in [-0.15, -0.1) is 24.0 Å². The zero-order chi connectivity index (χ0) is 21.5. The van der Waals surface area contributed by atoms with Crippen LogP contribution in [0.25, 0.3) is 11.6 Å². The van der Waals surface area contributed by atoms with E-state index < -0.39 is 0 Å². The third-order valence-electron chi connectivity index (χ3n) is 5.05. The highest BCUT2D eigenvalue weighted by Gasteiger charge is 2.20. The lowest BCUT2D eigenvalue weighted by Gasteiger charge is -2.37. The van der Waals surface area contributed by atoms with Crippen LogP contribution < -0.4 is 10.2 Å². The van der Waals surface area contributed by atoms with Crippen molar-refractivity contribution in [3.05, 3.63) is 60.3 Å². The number of aromatic nitrogens is 3. The maximum Gasteiger partial charge on any atom is 0.276 e. The fourth-order valence-electron chi connectivity index (χ4n) is 3.46. The summed E-state index contributed by atoms with van der Waals surface area (Å²) in [6.45, 7) is 6.81. The molecule has 1 saturated heterocycles. The molecule has 0 bridgehead atoms. The summed E-state index contributed by atoms with van der Waals surface area (Å²) in [7, 11) is 0. The second kappa shape index (κ2) is 11.7. The van der Waals surface area contributed by atoms with E-state index >= 15 is 0 Å². The Hall–Kier alpha value is -2.76. The van der Waals surface area contributed by atoms with E-state index in [0.717, 1.165) is 44.4 Å². The summed E-state index contributed by atoms with van der Waals surface area (Å²) in [4.78, 5) is 17.9. The van der Waals surface area contributed by atoms with Gasteiger partial charge in [-0.25, -0.2) is 4.39 Å². The van der Waals surface area contributed by atoms with E-state index in [0.29, 0.717) is 30.4 Å². The Kier molecular flexibility index (Phi) is 8.77. The predicted octanol–water partition coefficient (Wildman–Crippen LogP) is 3.22. The smallest absolute Gasteiger partial charge is 0.276 e. The molecule has 4 rings (SSSR count). The lowest BCUT2D eigenvalue weighted by molar-refractivity contribution is 0.372. The molecule has 1 fully saturated rings. The molecular formula is C22H27FIN7O. The molecule has 0 aliphatic carbocycles. The SMILES string of the molecule is CCNC(=NCCc1noc(-c2ccccn2)n1)N1CCN(c2ccc(F)cc2)CC1.I. The first-order valence-corrected chi connectivity index (χ1v) is 10.5. The molecule has 0 spiro atoms. The molecule has 1 aliphatic heterocycles. The Labute approximate surface area is 204 Å². The number of nitrogens with one attached hydrogen (secondary N) is 1. The number of nitrogens with zero attached hydrogens (tertiary/aromatic N) is 6. The van der Waals surface area contributed by atoms with E-state index in [2.05, 4.69) is 37.2 Å². The monoisotopic (exact) mass is 551 g/mol. The number of rotatable bonds is 6. The molecule has 8 nitrogen and oxygen atoms in total. The van der Waals surface area contributed by atoms with Gasteiger partial charge in [0.1, 0.15) is 11.5 Å². The molecule has 3 heterocycles. The normalized spacial score (nSPS) is 14.2. The Morgan fingerprint density at radius 1 is 1.12 bits per heavy atom. The first-order valence-electron chi connectivity index (χ1n) is 10.5. The van der Waals surface area contributed by atoms with Crippen LogP contribution in [0.15, 0.2) is 58.2 Å². The van der Waals surface area contributed by atoms with Crippen molar-refractivity contribution in [3.63, 3.8) is 0 Å². The van der Waals surface area contributed by atoms with Crippen LogP contribution in [0.3, 0.4) is 0 Å². The van der Waals surface area contributed by atoms with Crippen LogP contribution in [-0.2, 0) is 6.42 Å².